The first kappa shape index (κ1) is 16.5. The van der Waals surface area contributed by atoms with Crippen LogP contribution in [0.2, 0.25) is 0 Å². The van der Waals surface area contributed by atoms with Gasteiger partial charge in [-0.3, -0.25) is 0 Å². The molecule has 134 valence electrons. The average Bonchev–Trinajstić information content (AvgIpc) is 3.35. The van der Waals surface area contributed by atoms with Crippen LogP contribution in [-0.2, 0) is 6.42 Å². The third kappa shape index (κ3) is 3.82. The summed E-state index contributed by atoms with van der Waals surface area (Å²) in [6.07, 6.45) is 6.37. The number of nitrogens with one attached hydrogen (secondary N) is 1. The molecule has 1 aromatic carbocycles. The summed E-state index contributed by atoms with van der Waals surface area (Å²) in [5.74, 6) is 2.01. The molecule has 1 fully saturated rings. The Labute approximate surface area is 151 Å². The lowest BCUT2D eigenvalue weighted by atomic mass is 10.2. The minimum atomic E-state index is -0.275. The van der Waals surface area contributed by atoms with Crippen LogP contribution in [0, 0.1) is 5.82 Å². The van der Waals surface area contributed by atoms with Crippen LogP contribution in [0.5, 0.6) is 0 Å². The Hall–Kier alpha value is -2.96. The highest BCUT2D eigenvalue weighted by Crippen LogP contribution is 2.20. The van der Waals surface area contributed by atoms with Crippen molar-refractivity contribution in [3.63, 3.8) is 0 Å². The molecule has 0 atom stereocenters. The van der Waals surface area contributed by atoms with Gasteiger partial charge < -0.3 is 14.6 Å². The molecule has 26 heavy (non-hydrogen) atoms. The maximum atomic E-state index is 13.0. The Morgan fingerprint density at radius 3 is 2.73 bits per heavy atom. The van der Waals surface area contributed by atoms with Gasteiger partial charge in [-0.2, -0.15) is 0 Å². The lowest BCUT2D eigenvalue weighted by molar-refractivity contribution is 0.572. The van der Waals surface area contributed by atoms with Crippen molar-refractivity contribution in [1.82, 2.24) is 15.0 Å². The quantitative estimate of drug-likeness (QED) is 0.731. The summed E-state index contributed by atoms with van der Waals surface area (Å²) in [7, 11) is 0. The molecule has 4 rings (SSSR count). The fourth-order valence-corrected chi connectivity index (χ4v) is 3.03. The zero-order valence-corrected chi connectivity index (χ0v) is 14.4. The number of anilines is 2. The third-order valence-electron chi connectivity index (χ3n) is 4.41. The van der Waals surface area contributed by atoms with Crippen molar-refractivity contribution in [3.05, 3.63) is 54.4 Å². The normalized spacial score (nSPS) is 14.0. The molecule has 3 heterocycles. The lowest BCUT2D eigenvalue weighted by Gasteiger charge is -2.16. The van der Waals surface area contributed by atoms with E-state index in [4.69, 9.17) is 4.42 Å². The van der Waals surface area contributed by atoms with Crippen molar-refractivity contribution >= 4 is 11.6 Å². The summed E-state index contributed by atoms with van der Waals surface area (Å²) in [5, 5.41) is 3.30. The van der Waals surface area contributed by atoms with Crippen molar-refractivity contribution in [2.24, 2.45) is 0 Å². The summed E-state index contributed by atoms with van der Waals surface area (Å²) in [5.41, 5.74) is 1.60. The molecule has 0 saturated carbocycles. The Morgan fingerprint density at radius 2 is 1.92 bits per heavy atom. The van der Waals surface area contributed by atoms with Crippen molar-refractivity contribution < 1.29 is 8.81 Å². The SMILES string of the molecule is Fc1ccc(-c2nc(CCNc3cc(N4CCCC4)ncn3)co2)cc1. The number of benzene rings is 1. The van der Waals surface area contributed by atoms with E-state index in [-0.39, 0.29) is 5.82 Å². The summed E-state index contributed by atoms with van der Waals surface area (Å²) in [6.45, 7) is 2.80. The van der Waals surface area contributed by atoms with E-state index in [1.165, 1.54) is 25.0 Å². The Bertz CT molecular complexity index is 858. The first-order valence-corrected chi connectivity index (χ1v) is 8.79. The predicted molar refractivity (Wildman–Crippen MR) is 97.6 cm³/mol. The fraction of sp³-hybridized carbons (Fsp3) is 0.316. The van der Waals surface area contributed by atoms with Gasteiger partial charge in [0.15, 0.2) is 0 Å². The van der Waals surface area contributed by atoms with Crippen LogP contribution >= 0.6 is 0 Å². The molecule has 1 saturated heterocycles. The molecule has 2 aromatic heterocycles. The van der Waals surface area contributed by atoms with Crippen LogP contribution in [-0.4, -0.2) is 34.6 Å². The molecule has 6 nitrogen and oxygen atoms in total. The molecule has 0 unspecified atom stereocenters. The molecule has 0 amide bonds. The molecular weight excluding hydrogens is 333 g/mol. The maximum Gasteiger partial charge on any atom is 0.226 e. The lowest BCUT2D eigenvalue weighted by Crippen LogP contribution is -2.19. The monoisotopic (exact) mass is 353 g/mol. The summed E-state index contributed by atoms with van der Waals surface area (Å²) in [4.78, 5) is 15.4. The van der Waals surface area contributed by atoms with Gasteiger partial charge in [0.25, 0.3) is 0 Å². The molecule has 1 N–H and O–H groups in total. The highest BCUT2D eigenvalue weighted by Gasteiger charge is 2.14. The molecule has 1 aliphatic heterocycles. The fourth-order valence-electron chi connectivity index (χ4n) is 3.03. The van der Waals surface area contributed by atoms with Gasteiger partial charge in [-0.05, 0) is 37.1 Å². The van der Waals surface area contributed by atoms with Crippen LogP contribution in [0.3, 0.4) is 0 Å². The third-order valence-corrected chi connectivity index (χ3v) is 4.41. The minimum absolute atomic E-state index is 0.275. The smallest absolute Gasteiger partial charge is 0.226 e. The Morgan fingerprint density at radius 1 is 1.12 bits per heavy atom. The van der Waals surface area contributed by atoms with Gasteiger partial charge in [0.1, 0.15) is 30.0 Å². The zero-order valence-electron chi connectivity index (χ0n) is 14.4. The van der Waals surface area contributed by atoms with Gasteiger partial charge in [0.05, 0.1) is 5.69 Å². The Kier molecular flexibility index (Phi) is 4.77. The molecule has 0 bridgehead atoms. The van der Waals surface area contributed by atoms with Crippen LogP contribution in [0.1, 0.15) is 18.5 Å². The van der Waals surface area contributed by atoms with Gasteiger partial charge in [-0.15, -0.1) is 0 Å². The number of hydrogen-bond donors (Lipinski definition) is 1. The molecule has 7 heteroatoms. The number of rotatable bonds is 6. The average molecular weight is 353 g/mol. The maximum absolute atomic E-state index is 13.0. The summed E-state index contributed by atoms with van der Waals surface area (Å²) in [6, 6.07) is 8.09. The second kappa shape index (κ2) is 7.51. The van der Waals surface area contributed by atoms with E-state index in [1.807, 2.05) is 6.07 Å². The second-order valence-corrected chi connectivity index (χ2v) is 6.28. The van der Waals surface area contributed by atoms with Crippen LogP contribution in [0.15, 0.2) is 47.3 Å². The van der Waals surface area contributed by atoms with E-state index in [9.17, 15) is 4.39 Å². The number of aromatic nitrogens is 3. The summed E-state index contributed by atoms with van der Waals surface area (Å²) < 4.78 is 18.5. The van der Waals surface area contributed by atoms with Crippen LogP contribution in [0.4, 0.5) is 16.0 Å². The predicted octanol–water partition coefficient (Wildman–Crippen LogP) is 3.53. The number of hydrogen-bond acceptors (Lipinski definition) is 6. The minimum Gasteiger partial charge on any atom is -0.444 e. The van der Waals surface area contributed by atoms with Gasteiger partial charge in [-0.25, -0.2) is 19.3 Å². The Balaban J connectivity index is 1.33. The largest absolute Gasteiger partial charge is 0.444 e. The topological polar surface area (TPSA) is 67.1 Å². The number of halogens is 1. The first-order chi connectivity index (χ1) is 12.8. The zero-order chi connectivity index (χ0) is 17.8. The van der Waals surface area contributed by atoms with Gasteiger partial charge in [0, 0.05) is 37.7 Å². The number of nitrogens with zero attached hydrogens (tertiary/aromatic N) is 4. The highest BCUT2D eigenvalue weighted by atomic mass is 19.1. The standard InChI is InChI=1S/C19H20FN5O/c20-15-5-3-14(4-6-15)19-24-16(12-26-19)7-8-21-17-11-18(23-13-22-17)25-9-1-2-10-25/h3-6,11-13H,1-2,7-10H2,(H,21,22,23). The van der Waals surface area contributed by atoms with Crippen LogP contribution < -0.4 is 10.2 Å². The summed E-state index contributed by atoms with van der Waals surface area (Å²) >= 11 is 0. The van der Waals surface area contributed by atoms with E-state index < -0.39 is 0 Å². The molecular formula is C19H20FN5O. The first-order valence-electron chi connectivity index (χ1n) is 8.79. The van der Waals surface area contributed by atoms with Crippen LogP contribution in [0.25, 0.3) is 11.5 Å². The van der Waals surface area contributed by atoms with Crippen molar-refractivity contribution in [1.29, 1.82) is 0 Å². The van der Waals surface area contributed by atoms with Crippen molar-refractivity contribution in [2.45, 2.75) is 19.3 Å². The molecule has 1 aliphatic rings. The van der Waals surface area contributed by atoms with Gasteiger partial charge in [-0.1, -0.05) is 0 Å². The number of oxazole rings is 1. The van der Waals surface area contributed by atoms with Gasteiger partial charge in [0.2, 0.25) is 5.89 Å². The van der Waals surface area contributed by atoms with E-state index >= 15 is 0 Å². The van der Waals surface area contributed by atoms with Gasteiger partial charge >= 0.3 is 0 Å². The molecule has 0 spiro atoms. The van der Waals surface area contributed by atoms with E-state index in [1.54, 1.807) is 24.7 Å². The van der Waals surface area contributed by atoms with E-state index in [0.717, 1.165) is 36.0 Å². The van der Waals surface area contributed by atoms with Crippen molar-refractivity contribution in [2.75, 3.05) is 29.9 Å². The van der Waals surface area contributed by atoms with E-state index in [0.29, 0.717) is 18.9 Å². The van der Waals surface area contributed by atoms with E-state index in [2.05, 4.69) is 25.2 Å². The molecule has 0 aliphatic carbocycles. The highest BCUT2D eigenvalue weighted by molar-refractivity contribution is 5.53. The molecule has 3 aromatic rings. The van der Waals surface area contributed by atoms with Crippen molar-refractivity contribution in [3.8, 4) is 11.5 Å². The molecule has 0 radical (unpaired) electrons. The second-order valence-electron chi connectivity index (χ2n) is 6.28.